The molecule has 10 rings (SSSR count). The van der Waals surface area contributed by atoms with Crippen molar-refractivity contribution in [1.29, 1.82) is 0 Å². The smallest absolute Gasteiger partial charge is 0.335 e. The topological polar surface area (TPSA) is 334 Å². The SMILES string of the molecule is O=C(O)[C@H]1OC(O[C@@H](CNC[C@H](O)[C@@H]2CCc3cc(F)ccc3O2)[C@H]2CCc3cc(F)ccc3O2)[C@H](O)[C@@H](O)[C@@H]1O.O=C(O)[C@H]1O[C@@H](O[C@@H](CNC[C@H](O)[C@H]2CCc3cc(F)ccc3O2)[C@@H]2CCc3cc(F)ccc3O2)[C@H](O)[C@@H](O)[C@@H]1O. The first-order valence-electron chi connectivity index (χ1n) is 26.9. The van der Waals surface area contributed by atoms with Crippen LogP contribution in [0.4, 0.5) is 17.6 Å². The van der Waals surface area contributed by atoms with Crippen LogP contribution < -0.4 is 29.6 Å². The van der Waals surface area contributed by atoms with Crippen LogP contribution in [0, 0.1) is 23.3 Å². The van der Waals surface area contributed by atoms with Gasteiger partial charge in [-0.05, 0) is 146 Å². The third-order valence-corrected chi connectivity index (χ3v) is 15.3. The number of aliphatic hydroxyl groups is 8. The Bertz CT molecular complexity index is 2660. The molecule has 4 aromatic rings. The molecule has 18 atom stereocenters. The Morgan fingerprint density at radius 2 is 0.744 bits per heavy atom. The van der Waals surface area contributed by atoms with Gasteiger partial charge in [0.15, 0.2) is 24.8 Å². The highest BCUT2D eigenvalue weighted by atomic mass is 19.1. The van der Waals surface area contributed by atoms with E-state index in [1.165, 1.54) is 72.8 Å². The molecule has 12 N–H and O–H groups in total. The Kier molecular flexibility index (Phi) is 19.9. The number of carboxylic acids is 2. The number of hydrogen-bond donors (Lipinski definition) is 12. The number of carboxylic acid groups (broad SMARTS) is 2. The summed E-state index contributed by atoms with van der Waals surface area (Å²) in [5.74, 6) is -2.74. The highest BCUT2D eigenvalue weighted by Gasteiger charge is 2.50. The van der Waals surface area contributed by atoms with Crippen LogP contribution in [0.3, 0.4) is 0 Å². The second-order valence-corrected chi connectivity index (χ2v) is 21.1. The van der Waals surface area contributed by atoms with Gasteiger partial charge in [0.2, 0.25) is 0 Å². The van der Waals surface area contributed by atoms with Crippen LogP contribution in [0.1, 0.15) is 47.9 Å². The van der Waals surface area contributed by atoms with E-state index in [1.54, 1.807) is 0 Å². The molecule has 22 nitrogen and oxygen atoms in total. The number of rotatable bonds is 18. The van der Waals surface area contributed by atoms with Gasteiger partial charge in [0.25, 0.3) is 0 Å². The Balaban J connectivity index is 0.000000198. The van der Waals surface area contributed by atoms with E-state index >= 15 is 0 Å². The monoisotopic (exact) mass is 1160 g/mol. The van der Waals surface area contributed by atoms with Gasteiger partial charge in [0.1, 0.15) is 132 Å². The van der Waals surface area contributed by atoms with Crippen LogP contribution in [0.5, 0.6) is 23.0 Å². The van der Waals surface area contributed by atoms with Crippen molar-refractivity contribution in [1.82, 2.24) is 10.6 Å². The molecule has 26 heteroatoms. The highest BCUT2D eigenvalue weighted by Crippen LogP contribution is 2.35. The number of hydrogen-bond acceptors (Lipinski definition) is 20. The van der Waals surface area contributed by atoms with E-state index in [1.807, 2.05) is 0 Å². The van der Waals surface area contributed by atoms with Crippen LogP contribution in [-0.2, 0) is 54.2 Å². The molecule has 4 aromatic carbocycles. The van der Waals surface area contributed by atoms with Gasteiger partial charge >= 0.3 is 11.9 Å². The summed E-state index contributed by atoms with van der Waals surface area (Å²) in [4.78, 5) is 23.1. The van der Waals surface area contributed by atoms with Crippen molar-refractivity contribution in [2.24, 2.45) is 0 Å². The van der Waals surface area contributed by atoms with Crippen LogP contribution in [0.25, 0.3) is 0 Å². The third kappa shape index (κ3) is 14.4. The van der Waals surface area contributed by atoms with Gasteiger partial charge in [0, 0.05) is 26.2 Å². The second-order valence-electron chi connectivity index (χ2n) is 21.1. The number of fused-ring (bicyclic) bond motifs is 4. The number of halogens is 4. The number of carbonyl (C=O) groups is 2. The van der Waals surface area contributed by atoms with Gasteiger partial charge in [0.05, 0.1) is 0 Å². The van der Waals surface area contributed by atoms with E-state index in [2.05, 4.69) is 10.6 Å². The summed E-state index contributed by atoms with van der Waals surface area (Å²) in [5.41, 5.74) is 2.78. The molecule has 1 unspecified atom stereocenters. The molecule has 6 aliphatic rings. The Morgan fingerprint density at radius 1 is 0.451 bits per heavy atom. The lowest BCUT2D eigenvalue weighted by molar-refractivity contribution is -0.309. The summed E-state index contributed by atoms with van der Waals surface area (Å²) in [7, 11) is 0. The minimum Gasteiger partial charge on any atom is -0.487 e. The first-order chi connectivity index (χ1) is 39.2. The summed E-state index contributed by atoms with van der Waals surface area (Å²) in [6, 6.07) is 16.7. The van der Waals surface area contributed by atoms with Crippen molar-refractivity contribution in [3.8, 4) is 23.0 Å². The van der Waals surface area contributed by atoms with Crippen molar-refractivity contribution in [2.75, 3.05) is 26.2 Å². The van der Waals surface area contributed by atoms with Gasteiger partial charge in [-0.2, -0.15) is 0 Å². The number of benzene rings is 4. The highest BCUT2D eigenvalue weighted by molar-refractivity contribution is 5.74. The molecule has 0 bridgehead atoms. The van der Waals surface area contributed by atoms with Crippen molar-refractivity contribution in [3.63, 3.8) is 0 Å². The van der Waals surface area contributed by atoms with Gasteiger partial charge in [-0.25, -0.2) is 27.2 Å². The zero-order chi connectivity index (χ0) is 58.5. The molecule has 0 spiro atoms. The van der Waals surface area contributed by atoms with Crippen LogP contribution in [-0.4, -0.2) is 199 Å². The fraction of sp³-hybridized carbons (Fsp3) is 0.536. The largest absolute Gasteiger partial charge is 0.487 e. The molecule has 6 heterocycles. The summed E-state index contributed by atoms with van der Waals surface area (Å²) >= 11 is 0. The average molecular weight is 1160 g/mol. The van der Waals surface area contributed by atoms with Crippen molar-refractivity contribution < 1.29 is 116 Å². The van der Waals surface area contributed by atoms with Crippen LogP contribution in [0.2, 0.25) is 0 Å². The summed E-state index contributed by atoms with van der Waals surface area (Å²) < 4.78 is 101. The molecule has 2 saturated heterocycles. The predicted molar refractivity (Wildman–Crippen MR) is 273 cm³/mol. The molecule has 0 amide bonds. The lowest BCUT2D eigenvalue weighted by Crippen LogP contribution is -2.62. The maximum atomic E-state index is 13.7. The Hall–Kier alpha value is -5.82. The van der Waals surface area contributed by atoms with Crippen LogP contribution >= 0.6 is 0 Å². The van der Waals surface area contributed by atoms with Crippen molar-refractivity contribution in [3.05, 3.63) is 118 Å². The van der Waals surface area contributed by atoms with E-state index in [0.717, 1.165) is 11.1 Å². The second kappa shape index (κ2) is 26.8. The standard InChI is InChI=1S/2C28H33F2NO10/c2*29-15-3-7-18-13(9-15)1-5-20(38-18)17(32)11-31-12-22(21-6-2-14-10-16(30)4-8-19(14)39-21)40-28-25(35)23(33)24(34)26(41-28)27(36)37/h2*3-4,7-10,17,20-26,28,31-35H,1-2,5-6,11-12H2,(H,36,37)/t17-,20+,21-,22-,23-,24-,25+,26-,28+;17-,20-,21+,22-,23-,24-,25+,26-,28?/m00/s1. The van der Waals surface area contributed by atoms with E-state index in [4.69, 9.17) is 37.9 Å². The maximum Gasteiger partial charge on any atom is 0.335 e. The number of nitrogens with one attached hydrogen (secondary N) is 2. The number of aryl methyl sites for hydroxylation is 4. The quantitative estimate of drug-likeness (QED) is 0.0606. The summed E-state index contributed by atoms with van der Waals surface area (Å²) in [5, 5.41) is 108. The maximum absolute atomic E-state index is 13.7. The average Bonchev–Trinajstić information content (AvgIpc) is 3.55. The number of ether oxygens (including phenoxy) is 8. The van der Waals surface area contributed by atoms with Crippen LogP contribution in [0.15, 0.2) is 72.8 Å². The molecule has 0 aliphatic carbocycles. The van der Waals surface area contributed by atoms with E-state index in [-0.39, 0.29) is 37.8 Å². The predicted octanol–water partition coefficient (Wildman–Crippen LogP) is 0.560. The molecule has 6 aliphatic heterocycles. The molecule has 448 valence electrons. The Labute approximate surface area is 466 Å². The minimum atomic E-state index is -1.88. The molecule has 0 aromatic heterocycles. The van der Waals surface area contributed by atoms with Crippen molar-refractivity contribution >= 4 is 11.9 Å². The fourth-order valence-electron chi connectivity index (χ4n) is 10.8. The van der Waals surface area contributed by atoms with E-state index in [0.29, 0.717) is 85.5 Å². The molecular formula is C56H66F4N2O20. The zero-order valence-electron chi connectivity index (χ0n) is 43.9. The molecule has 0 saturated carbocycles. The molecule has 2 fully saturated rings. The summed E-state index contributed by atoms with van der Waals surface area (Å²) in [6.45, 7) is 0.191. The van der Waals surface area contributed by atoms with E-state index in [9.17, 15) is 78.2 Å². The van der Waals surface area contributed by atoms with Gasteiger partial charge in [-0.3, -0.25) is 0 Å². The lowest BCUT2D eigenvalue weighted by Gasteiger charge is -2.41. The fourth-order valence-corrected chi connectivity index (χ4v) is 10.8. The van der Waals surface area contributed by atoms with Crippen molar-refractivity contribution in [2.45, 2.75) is 162 Å². The molecular weight excluding hydrogens is 1100 g/mol. The zero-order valence-corrected chi connectivity index (χ0v) is 43.9. The van der Waals surface area contributed by atoms with Gasteiger partial charge in [-0.1, -0.05) is 0 Å². The molecule has 0 radical (unpaired) electrons. The van der Waals surface area contributed by atoms with Gasteiger partial charge < -0.3 is 99.6 Å². The molecule has 82 heavy (non-hydrogen) atoms. The third-order valence-electron chi connectivity index (χ3n) is 15.3. The number of aliphatic carboxylic acids is 2. The van der Waals surface area contributed by atoms with E-state index < -0.39 is 134 Å². The first-order valence-corrected chi connectivity index (χ1v) is 26.9. The number of aliphatic hydroxyl groups excluding tert-OH is 8. The lowest BCUT2D eigenvalue weighted by atomic mass is 9.97. The Morgan fingerprint density at radius 3 is 1.05 bits per heavy atom. The van der Waals surface area contributed by atoms with Gasteiger partial charge in [-0.15, -0.1) is 0 Å². The summed E-state index contributed by atoms with van der Waals surface area (Å²) in [6.07, 6.45) is -20.4. The normalized spacial score (nSPS) is 30.7. The minimum absolute atomic E-state index is 0.0374. The first kappa shape index (κ1) is 60.8.